The fourth-order valence-corrected chi connectivity index (χ4v) is 3.24. The molecule has 1 amide bonds. The Bertz CT molecular complexity index is 321. The molecule has 0 bridgehead atoms. The highest BCUT2D eigenvalue weighted by Gasteiger charge is 2.47. The van der Waals surface area contributed by atoms with Crippen molar-refractivity contribution in [1.29, 1.82) is 0 Å². The van der Waals surface area contributed by atoms with Gasteiger partial charge >= 0.3 is 0 Å². The third kappa shape index (κ3) is 5.57. The molecule has 3 N–H and O–H groups in total. The summed E-state index contributed by atoms with van der Waals surface area (Å²) in [6.07, 6.45) is 4.02. The highest BCUT2D eigenvalue weighted by molar-refractivity contribution is 5.85. The summed E-state index contributed by atoms with van der Waals surface area (Å²) in [7, 11) is 0. The molecule has 1 aliphatic rings. The van der Waals surface area contributed by atoms with Crippen LogP contribution in [0.25, 0.3) is 0 Å². The normalized spacial score (nSPS) is 25.9. The van der Waals surface area contributed by atoms with Crippen molar-refractivity contribution in [3.63, 3.8) is 0 Å². The Kier molecular flexibility index (Phi) is 7.63. The number of carbonyl (C=O) groups is 1. The highest BCUT2D eigenvalue weighted by Crippen LogP contribution is 2.38. The summed E-state index contributed by atoms with van der Waals surface area (Å²) in [5.74, 6) is 0.0465. The summed E-state index contributed by atoms with van der Waals surface area (Å²) in [6, 6.07) is 0.249. The number of hydrogen-bond donors (Lipinski definition) is 2. The number of rotatable bonds is 10. The maximum Gasteiger partial charge on any atom is 0.238 e. The number of nitrogens with two attached hydrogens (primary N) is 1. The fourth-order valence-electron chi connectivity index (χ4n) is 3.24. The highest BCUT2D eigenvalue weighted by atomic mass is 16.5. The molecule has 5 nitrogen and oxygen atoms in total. The van der Waals surface area contributed by atoms with Gasteiger partial charge in [-0.05, 0) is 52.9 Å². The zero-order valence-electron chi connectivity index (χ0n) is 14.0. The summed E-state index contributed by atoms with van der Waals surface area (Å²) in [4.78, 5) is 12.0. The molecule has 0 aromatic rings. The van der Waals surface area contributed by atoms with E-state index in [0.29, 0.717) is 19.8 Å². The van der Waals surface area contributed by atoms with Crippen LogP contribution in [0.5, 0.6) is 0 Å². The number of hydrogen-bond acceptors (Lipinski definition) is 4. The molecule has 2 atom stereocenters. The van der Waals surface area contributed by atoms with E-state index >= 15 is 0 Å². The van der Waals surface area contributed by atoms with E-state index in [1.54, 1.807) is 0 Å². The minimum Gasteiger partial charge on any atom is -0.379 e. The van der Waals surface area contributed by atoms with Crippen LogP contribution < -0.4 is 11.1 Å². The smallest absolute Gasteiger partial charge is 0.238 e. The average molecular weight is 300 g/mol. The standard InChI is InChI=1S/C16H32N2O3/c1-12(2)18-16(15(17)19)8-5-6-14(16)7-9-20-10-11-21-13(3)4/h12-14,18H,5-11H2,1-4H3,(H2,17,19). The topological polar surface area (TPSA) is 73.6 Å². The van der Waals surface area contributed by atoms with Gasteiger partial charge in [0, 0.05) is 12.6 Å². The second-order valence-corrected chi connectivity index (χ2v) is 6.54. The molecule has 124 valence electrons. The van der Waals surface area contributed by atoms with Gasteiger partial charge in [0.05, 0.1) is 19.3 Å². The number of nitrogens with one attached hydrogen (secondary N) is 1. The summed E-state index contributed by atoms with van der Waals surface area (Å²) < 4.78 is 11.1. The lowest BCUT2D eigenvalue weighted by Crippen LogP contribution is -2.60. The number of ether oxygens (including phenoxy) is 2. The van der Waals surface area contributed by atoms with Crippen LogP contribution in [0.1, 0.15) is 53.4 Å². The molecule has 0 aromatic heterocycles. The first-order valence-corrected chi connectivity index (χ1v) is 8.15. The van der Waals surface area contributed by atoms with Gasteiger partial charge in [0.25, 0.3) is 0 Å². The van der Waals surface area contributed by atoms with E-state index in [0.717, 1.165) is 25.7 Å². The predicted octanol–water partition coefficient (Wildman–Crippen LogP) is 1.84. The second kappa shape index (κ2) is 8.71. The first kappa shape index (κ1) is 18.4. The van der Waals surface area contributed by atoms with Crippen molar-refractivity contribution in [2.75, 3.05) is 19.8 Å². The van der Waals surface area contributed by atoms with E-state index in [1.807, 2.05) is 13.8 Å². The lowest BCUT2D eigenvalue weighted by atomic mass is 9.83. The second-order valence-electron chi connectivity index (χ2n) is 6.54. The zero-order valence-corrected chi connectivity index (χ0v) is 14.0. The number of carbonyl (C=O) groups excluding carboxylic acids is 1. The Morgan fingerprint density at radius 2 is 2.00 bits per heavy atom. The van der Waals surface area contributed by atoms with Crippen LogP contribution in [0, 0.1) is 5.92 Å². The minimum atomic E-state index is -0.550. The van der Waals surface area contributed by atoms with Crippen molar-refractivity contribution in [3.05, 3.63) is 0 Å². The first-order valence-electron chi connectivity index (χ1n) is 8.15. The van der Waals surface area contributed by atoms with Gasteiger partial charge in [-0.25, -0.2) is 0 Å². The summed E-state index contributed by atoms with van der Waals surface area (Å²) in [6.45, 7) is 10.0. The zero-order chi connectivity index (χ0) is 15.9. The van der Waals surface area contributed by atoms with E-state index < -0.39 is 5.54 Å². The van der Waals surface area contributed by atoms with Crippen LogP contribution >= 0.6 is 0 Å². The molecule has 0 spiro atoms. The molecular formula is C16H32N2O3. The first-order chi connectivity index (χ1) is 9.88. The fraction of sp³-hybridized carbons (Fsp3) is 0.938. The van der Waals surface area contributed by atoms with Gasteiger partial charge in [-0.2, -0.15) is 0 Å². The van der Waals surface area contributed by atoms with Gasteiger partial charge < -0.3 is 20.5 Å². The van der Waals surface area contributed by atoms with Gasteiger partial charge in [0.1, 0.15) is 5.54 Å². The van der Waals surface area contributed by atoms with Gasteiger partial charge in [0.2, 0.25) is 5.91 Å². The third-order valence-electron chi connectivity index (χ3n) is 4.10. The SMILES string of the molecule is CC(C)NC1(C(N)=O)CCCC1CCOCCOC(C)C. The molecule has 0 aromatic carbocycles. The van der Waals surface area contributed by atoms with Crippen molar-refractivity contribution in [3.8, 4) is 0 Å². The van der Waals surface area contributed by atoms with Crippen molar-refractivity contribution < 1.29 is 14.3 Å². The van der Waals surface area contributed by atoms with Crippen molar-refractivity contribution in [1.82, 2.24) is 5.32 Å². The third-order valence-corrected chi connectivity index (χ3v) is 4.10. The summed E-state index contributed by atoms with van der Waals surface area (Å²) in [5.41, 5.74) is 5.14. The van der Waals surface area contributed by atoms with Crippen LogP contribution in [0.4, 0.5) is 0 Å². The van der Waals surface area contributed by atoms with E-state index in [-0.39, 0.29) is 24.0 Å². The van der Waals surface area contributed by atoms with Crippen LogP contribution in [0.2, 0.25) is 0 Å². The maximum absolute atomic E-state index is 12.0. The predicted molar refractivity (Wildman–Crippen MR) is 84.1 cm³/mol. The van der Waals surface area contributed by atoms with Gasteiger partial charge in [-0.15, -0.1) is 0 Å². The van der Waals surface area contributed by atoms with Gasteiger partial charge in [0.15, 0.2) is 0 Å². The Morgan fingerprint density at radius 3 is 2.57 bits per heavy atom. The number of amides is 1. The number of primary amides is 1. The molecule has 0 aliphatic heterocycles. The molecule has 5 heteroatoms. The monoisotopic (exact) mass is 300 g/mol. The summed E-state index contributed by atoms with van der Waals surface area (Å²) >= 11 is 0. The quantitative estimate of drug-likeness (QED) is 0.604. The van der Waals surface area contributed by atoms with Gasteiger partial charge in [-0.3, -0.25) is 4.79 Å². The minimum absolute atomic E-state index is 0.221. The van der Waals surface area contributed by atoms with Crippen molar-refractivity contribution in [2.45, 2.75) is 71.1 Å². The Labute approximate surface area is 128 Å². The van der Waals surface area contributed by atoms with Crippen molar-refractivity contribution in [2.24, 2.45) is 11.7 Å². The van der Waals surface area contributed by atoms with E-state index in [9.17, 15) is 4.79 Å². The largest absolute Gasteiger partial charge is 0.379 e. The lowest BCUT2D eigenvalue weighted by molar-refractivity contribution is -0.126. The molecule has 1 aliphatic carbocycles. The van der Waals surface area contributed by atoms with E-state index in [4.69, 9.17) is 15.2 Å². The molecule has 2 unspecified atom stereocenters. The van der Waals surface area contributed by atoms with Crippen molar-refractivity contribution >= 4 is 5.91 Å². The van der Waals surface area contributed by atoms with Crippen LogP contribution in [-0.4, -0.2) is 43.4 Å². The molecule has 21 heavy (non-hydrogen) atoms. The Balaban J connectivity index is 2.39. The van der Waals surface area contributed by atoms with E-state index in [1.165, 1.54) is 0 Å². The Hall–Kier alpha value is -0.650. The maximum atomic E-state index is 12.0. The van der Waals surface area contributed by atoms with Crippen LogP contribution in [-0.2, 0) is 14.3 Å². The van der Waals surface area contributed by atoms with Crippen LogP contribution in [0.3, 0.4) is 0 Å². The lowest BCUT2D eigenvalue weighted by Gasteiger charge is -2.35. The molecule has 1 saturated carbocycles. The molecule has 0 saturated heterocycles. The Morgan fingerprint density at radius 1 is 1.29 bits per heavy atom. The molecular weight excluding hydrogens is 268 g/mol. The molecule has 0 heterocycles. The molecule has 1 rings (SSSR count). The summed E-state index contributed by atoms with van der Waals surface area (Å²) in [5, 5.41) is 3.42. The molecule has 0 radical (unpaired) electrons. The molecule has 1 fully saturated rings. The average Bonchev–Trinajstić information content (AvgIpc) is 2.76. The van der Waals surface area contributed by atoms with Crippen LogP contribution in [0.15, 0.2) is 0 Å². The van der Waals surface area contributed by atoms with Gasteiger partial charge in [-0.1, -0.05) is 6.42 Å². The van der Waals surface area contributed by atoms with E-state index in [2.05, 4.69) is 19.2 Å².